The molecule has 3 nitrogen and oxygen atoms in total. The van der Waals surface area contributed by atoms with Crippen molar-refractivity contribution in [1.29, 1.82) is 0 Å². The summed E-state index contributed by atoms with van der Waals surface area (Å²) >= 11 is 0. The lowest BCUT2D eigenvalue weighted by Crippen LogP contribution is -2.30. The Balaban J connectivity index is 1.81. The molecule has 1 aliphatic heterocycles. The van der Waals surface area contributed by atoms with Crippen molar-refractivity contribution in [2.24, 2.45) is 0 Å². The summed E-state index contributed by atoms with van der Waals surface area (Å²) in [4.78, 5) is 18.3. The molecule has 0 spiro atoms. The molecule has 0 unspecified atom stereocenters. The number of benzene rings is 2. The first-order valence-electron chi connectivity index (χ1n) is 8.84. The van der Waals surface area contributed by atoms with Gasteiger partial charge in [-0.05, 0) is 42.5 Å². The molecule has 1 aliphatic carbocycles. The summed E-state index contributed by atoms with van der Waals surface area (Å²) in [5.41, 5.74) is 6.06. The lowest BCUT2D eigenvalue weighted by atomic mass is 10.00. The zero-order valence-corrected chi connectivity index (χ0v) is 13.6. The highest BCUT2D eigenvalue weighted by Gasteiger charge is 2.25. The number of H-pyrrole nitrogens is 1. The Morgan fingerprint density at radius 3 is 2.62 bits per heavy atom. The monoisotopic (exact) mass is 316 g/mol. The lowest BCUT2D eigenvalue weighted by molar-refractivity contribution is 0.579. The molecule has 24 heavy (non-hydrogen) atoms. The maximum atomic E-state index is 12.7. The summed E-state index contributed by atoms with van der Waals surface area (Å²) in [6, 6.07) is 14.6. The molecule has 0 bridgehead atoms. The van der Waals surface area contributed by atoms with Crippen molar-refractivity contribution in [2.45, 2.75) is 25.7 Å². The number of hydrogen-bond acceptors (Lipinski definition) is 2. The molecule has 1 aromatic heterocycles. The lowest BCUT2D eigenvalue weighted by Gasteiger charge is -2.30. The van der Waals surface area contributed by atoms with Crippen molar-refractivity contribution < 1.29 is 0 Å². The van der Waals surface area contributed by atoms with E-state index in [1.807, 2.05) is 18.2 Å². The van der Waals surface area contributed by atoms with Crippen molar-refractivity contribution in [3.63, 3.8) is 0 Å². The van der Waals surface area contributed by atoms with Crippen LogP contribution in [0.15, 0.2) is 47.3 Å². The fraction of sp³-hybridized carbons (Fsp3) is 0.286. The number of aromatic nitrogens is 1. The summed E-state index contributed by atoms with van der Waals surface area (Å²) in [7, 11) is 0. The molecule has 3 heteroatoms. The summed E-state index contributed by atoms with van der Waals surface area (Å²) in [6.45, 7) is 2.18. The third kappa shape index (κ3) is 1.94. The fourth-order valence-electron chi connectivity index (χ4n) is 4.34. The molecular formula is C21H20N2O. The summed E-state index contributed by atoms with van der Waals surface area (Å²) < 4.78 is 0. The van der Waals surface area contributed by atoms with Gasteiger partial charge in [-0.2, -0.15) is 0 Å². The van der Waals surface area contributed by atoms with E-state index in [0.29, 0.717) is 0 Å². The van der Waals surface area contributed by atoms with Crippen molar-refractivity contribution in [2.75, 3.05) is 18.0 Å². The van der Waals surface area contributed by atoms with E-state index >= 15 is 0 Å². The largest absolute Gasteiger partial charge is 0.371 e. The maximum Gasteiger partial charge on any atom is 0.256 e. The van der Waals surface area contributed by atoms with Crippen LogP contribution in [0, 0.1) is 0 Å². The molecule has 2 aromatic carbocycles. The van der Waals surface area contributed by atoms with Gasteiger partial charge in [0.05, 0.1) is 5.69 Å². The summed E-state index contributed by atoms with van der Waals surface area (Å²) in [6.07, 6.45) is 4.69. The molecular weight excluding hydrogens is 296 g/mol. The number of anilines is 1. The molecule has 5 rings (SSSR count). The molecule has 1 fully saturated rings. The molecule has 0 radical (unpaired) electrons. The highest BCUT2D eigenvalue weighted by molar-refractivity contribution is 6.01. The van der Waals surface area contributed by atoms with Crippen LogP contribution in [0.25, 0.3) is 22.0 Å². The highest BCUT2D eigenvalue weighted by Crippen LogP contribution is 2.41. The number of nitrogens with one attached hydrogen (secondary N) is 1. The topological polar surface area (TPSA) is 36.1 Å². The number of aromatic amines is 1. The van der Waals surface area contributed by atoms with Crippen LogP contribution in [0.2, 0.25) is 0 Å². The third-order valence-corrected chi connectivity index (χ3v) is 5.48. The van der Waals surface area contributed by atoms with Gasteiger partial charge in [-0.3, -0.25) is 4.79 Å². The third-order valence-electron chi connectivity index (χ3n) is 5.48. The van der Waals surface area contributed by atoms with E-state index < -0.39 is 0 Å². The van der Waals surface area contributed by atoms with Crippen LogP contribution in [0.1, 0.15) is 30.4 Å². The Bertz CT molecular complexity index is 996. The van der Waals surface area contributed by atoms with Gasteiger partial charge >= 0.3 is 0 Å². The first-order chi connectivity index (χ1) is 11.8. The normalized spacial score (nSPS) is 16.2. The highest BCUT2D eigenvalue weighted by atomic mass is 16.1. The molecule has 3 aromatic rings. The van der Waals surface area contributed by atoms with Gasteiger partial charge in [0.15, 0.2) is 0 Å². The van der Waals surface area contributed by atoms with E-state index in [2.05, 4.69) is 34.1 Å². The minimum absolute atomic E-state index is 0.0271. The maximum absolute atomic E-state index is 12.7. The van der Waals surface area contributed by atoms with Gasteiger partial charge in [-0.25, -0.2) is 0 Å². The molecule has 2 heterocycles. The van der Waals surface area contributed by atoms with E-state index in [1.54, 1.807) is 0 Å². The number of fused-ring (bicyclic) bond motifs is 5. The number of hydrogen-bond donors (Lipinski definition) is 1. The van der Waals surface area contributed by atoms with Gasteiger partial charge in [-0.1, -0.05) is 30.3 Å². The minimum Gasteiger partial charge on any atom is -0.371 e. The average molecular weight is 316 g/mol. The Kier molecular flexibility index (Phi) is 3.02. The molecule has 0 atom stereocenters. The standard InChI is InChI=1S/C21H20N2O/c24-21-16-9-6-10-18(23-11-4-1-5-12-23)19(16)17-13-14-7-2-3-8-15(14)20(17)22-21/h2-3,6-10H,1,4-5,11-13H2,(H,22,24). The molecule has 0 amide bonds. The van der Waals surface area contributed by atoms with Crippen molar-refractivity contribution >= 4 is 16.5 Å². The van der Waals surface area contributed by atoms with Gasteiger partial charge in [0.25, 0.3) is 5.56 Å². The first kappa shape index (κ1) is 13.8. The minimum atomic E-state index is 0.0271. The second-order valence-corrected chi connectivity index (χ2v) is 6.89. The molecule has 1 N–H and O–H groups in total. The zero-order valence-electron chi connectivity index (χ0n) is 13.6. The van der Waals surface area contributed by atoms with Gasteiger partial charge in [0.1, 0.15) is 0 Å². The van der Waals surface area contributed by atoms with Gasteiger partial charge < -0.3 is 9.88 Å². The van der Waals surface area contributed by atoms with Crippen LogP contribution < -0.4 is 10.5 Å². The predicted octanol–water partition coefficient (Wildman–Crippen LogP) is 4.09. The second-order valence-electron chi connectivity index (χ2n) is 6.89. The van der Waals surface area contributed by atoms with E-state index in [9.17, 15) is 4.79 Å². The van der Waals surface area contributed by atoms with E-state index in [-0.39, 0.29) is 5.56 Å². The van der Waals surface area contributed by atoms with Crippen molar-refractivity contribution in [3.05, 3.63) is 63.9 Å². The van der Waals surface area contributed by atoms with E-state index in [0.717, 1.165) is 36.0 Å². The van der Waals surface area contributed by atoms with Crippen LogP contribution in [0.4, 0.5) is 5.69 Å². The Morgan fingerprint density at radius 2 is 1.75 bits per heavy atom. The van der Waals surface area contributed by atoms with Crippen molar-refractivity contribution in [1.82, 2.24) is 4.98 Å². The summed E-state index contributed by atoms with van der Waals surface area (Å²) in [5.74, 6) is 0. The van der Waals surface area contributed by atoms with Gasteiger partial charge in [0, 0.05) is 41.5 Å². The molecule has 1 saturated heterocycles. The molecule has 0 saturated carbocycles. The van der Waals surface area contributed by atoms with Crippen LogP contribution in [-0.2, 0) is 6.42 Å². The number of rotatable bonds is 1. The first-order valence-corrected chi connectivity index (χ1v) is 8.84. The number of piperidine rings is 1. The predicted molar refractivity (Wildman–Crippen MR) is 98.9 cm³/mol. The molecule has 2 aliphatic rings. The fourth-order valence-corrected chi connectivity index (χ4v) is 4.34. The number of pyridine rings is 1. The number of nitrogens with zero attached hydrogens (tertiary/aromatic N) is 1. The van der Waals surface area contributed by atoms with Gasteiger partial charge in [0.2, 0.25) is 0 Å². The Labute approximate surface area is 140 Å². The van der Waals surface area contributed by atoms with Crippen molar-refractivity contribution in [3.8, 4) is 11.3 Å². The quantitative estimate of drug-likeness (QED) is 0.574. The average Bonchev–Trinajstić information content (AvgIpc) is 3.01. The van der Waals surface area contributed by atoms with Crippen LogP contribution in [-0.4, -0.2) is 18.1 Å². The van der Waals surface area contributed by atoms with Crippen LogP contribution in [0.3, 0.4) is 0 Å². The Morgan fingerprint density at radius 1 is 0.917 bits per heavy atom. The zero-order chi connectivity index (χ0) is 16.1. The SMILES string of the molecule is O=c1[nH]c2c(c3c(N4CCCCC4)cccc13)Cc1ccccc1-2. The van der Waals surface area contributed by atoms with E-state index in [1.165, 1.54) is 41.6 Å². The second kappa shape index (κ2) is 5.23. The summed E-state index contributed by atoms with van der Waals surface area (Å²) in [5, 5.41) is 1.99. The van der Waals surface area contributed by atoms with Crippen LogP contribution in [0.5, 0.6) is 0 Å². The van der Waals surface area contributed by atoms with Gasteiger partial charge in [-0.15, -0.1) is 0 Å². The van der Waals surface area contributed by atoms with Crippen LogP contribution >= 0.6 is 0 Å². The van der Waals surface area contributed by atoms with E-state index in [4.69, 9.17) is 0 Å². The molecule has 120 valence electrons. The Hall–Kier alpha value is -2.55. The smallest absolute Gasteiger partial charge is 0.256 e.